The Morgan fingerprint density at radius 1 is 1.50 bits per heavy atom. The van der Waals surface area contributed by atoms with E-state index in [0.717, 1.165) is 15.6 Å². The molecule has 18 heavy (non-hydrogen) atoms. The standard InChI is InChI=1S/C8H8N4O4S2/c1-11-3-2-9-8(11)12(18(15)16)6-5(7(13)14)10-4-17-6/h2-4,18H,1H3,(H,13,14). The molecule has 2 rings (SSSR count). The monoisotopic (exact) mass is 288 g/mol. The first kappa shape index (κ1) is 12.5. The highest BCUT2D eigenvalue weighted by atomic mass is 32.2. The van der Waals surface area contributed by atoms with E-state index in [2.05, 4.69) is 9.97 Å². The zero-order valence-corrected chi connectivity index (χ0v) is 10.8. The molecule has 2 aromatic heterocycles. The van der Waals surface area contributed by atoms with Gasteiger partial charge in [0.05, 0.1) is 5.51 Å². The molecule has 0 fully saturated rings. The third-order valence-corrected chi connectivity index (χ3v) is 3.74. The van der Waals surface area contributed by atoms with Gasteiger partial charge in [0.25, 0.3) is 0 Å². The van der Waals surface area contributed by atoms with Crippen molar-refractivity contribution in [3.63, 3.8) is 0 Å². The lowest BCUT2D eigenvalue weighted by molar-refractivity contribution is 0.0692. The number of anilines is 2. The molecular formula is C8H8N4O4S2. The van der Waals surface area contributed by atoms with Gasteiger partial charge in [0.2, 0.25) is 16.8 Å². The summed E-state index contributed by atoms with van der Waals surface area (Å²) in [5.41, 5.74) is 0.954. The summed E-state index contributed by atoms with van der Waals surface area (Å²) >= 11 is 0.918. The SMILES string of the molecule is Cn1ccnc1N(c1scnc1C(=O)O)[SH](=O)=O. The summed E-state index contributed by atoms with van der Waals surface area (Å²) in [4.78, 5) is 18.5. The van der Waals surface area contributed by atoms with Gasteiger partial charge in [0.15, 0.2) is 5.69 Å². The van der Waals surface area contributed by atoms with Crippen LogP contribution in [0.15, 0.2) is 17.9 Å². The van der Waals surface area contributed by atoms with E-state index in [1.54, 1.807) is 13.2 Å². The van der Waals surface area contributed by atoms with Crippen LogP contribution in [0.5, 0.6) is 0 Å². The van der Waals surface area contributed by atoms with Gasteiger partial charge >= 0.3 is 5.97 Å². The lowest BCUT2D eigenvalue weighted by Gasteiger charge is -2.14. The van der Waals surface area contributed by atoms with Gasteiger partial charge in [0, 0.05) is 19.4 Å². The molecule has 0 saturated heterocycles. The number of nitrogens with zero attached hydrogens (tertiary/aromatic N) is 4. The number of imidazole rings is 1. The van der Waals surface area contributed by atoms with Gasteiger partial charge in [-0.1, -0.05) is 0 Å². The van der Waals surface area contributed by atoms with Crippen molar-refractivity contribution in [2.24, 2.45) is 7.05 Å². The lowest BCUT2D eigenvalue weighted by atomic mass is 10.4. The number of thiazole rings is 1. The number of hydrogen-bond acceptors (Lipinski definition) is 6. The summed E-state index contributed by atoms with van der Waals surface area (Å²) in [7, 11) is -1.46. The molecule has 0 aliphatic carbocycles. The predicted molar refractivity (Wildman–Crippen MR) is 64.7 cm³/mol. The minimum absolute atomic E-state index is 0.00733. The smallest absolute Gasteiger partial charge is 0.357 e. The molecule has 0 bridgehead atoms. The number of thiol groups is 1. The van der Waals surface area contributed by atoms with Crippen LogP contribution in [0.4, 0.5) is 10.9 Å². The Labute approximate surface area is 107 Å². The van der Waals surface area contributed by atoms with Crippen LogP contribution in [0.3, 0.4) is 0 Å². The van der Waals surface area contributed by atoms with Crippen LogP contribution in [-0.2, 0) is 17.9 Å². The van der Waals surface area contributed by atoms with Crippen molar-refractivity contribution in [2.45, 2.75) is 0 Å². The van der Waals surface area contributed by atoms with Crippen LogP contribution >= 0.6 is 11.3 Å². The Morgan fingerprint density at radius 3 is 2.72 bits per heavy atom. The zero-order valence-electron chi connectivity index (χ0n) is 9.05. The van der Waals surface area contributed by atoms with E-state index in [9.17, 15) is 13.2 Å². The first-order valence-electron chi connectivity index (χ1n) is 4.61. The molecule has 1 N–H and O–H groups in total. The number of carboxylic acid groups (broad SMARTS) is 1. The van der Waals surface area contributed by atoms with Crippen molar-refractivity contribution in [1.29, 1.82) is 0 Å². The number of carboxylic acids is 1. The number of carbonyl (C=O) groups is 1. The fourth-order valence-electron chi connectivity index (χ4n) is 1.34. The van der Waals surface area contributed by atoms with Gasteiger partial charge in [-0.05, 0) is 0 Å². The number of hydrogen-bond donors (Lipinski definition) is 2. The van der Waals surface area contributed by atoms with E-state index in [4.69, 9.17) is 5.11 Å². The molecule has 0 aliphatic heterocycles. The first-order valence-corrected chi connectivity index (χ1v) is 6.62. The van der Waals surface area contributed by atoms with Gasteiger partial charge < -0.3 is 9.67 Å². The molecule has 0 radical (unpaired) electrons. The number of aromatic nitrogens is 3. The lowest BCUT2D eigenvalue weighted by Crippen LogP contribution is -2.19. The summed E-state index contributed by atoms with van der Waals surface area (Å²) < 4.78 is 24.9. The second-order valence-corrected chi connectivity index (χ2v) is 4.91. The Hall–Kier alpha value is -1.94. The van der Waals surface area contributed by atoms with Gasteiger partial charge in [-0.15, -0.1) is 11.3 Å². The average molecular weight is 288 g/mol. The zero-order chi connectivity index (χ0) is 13.3. The molecule has 0 spiro atoms. The Balaban J connectivity index is 2.60. The van der Waals surface area contributed by atoms with Crippen LogP contribution < -0.4 is 4.31 Å². The molecule has 10 heteroatoms. The van der Waals surface area contributed by atoms with Crippen LogP contribution in [0.2, 0.25) is 0 Å². The normalized spacial score (nSPS) is 10.8. The quantitative estimate of drug-likeness (QED) is 0.781. The topological polar surface area (TPSA) is 105 Å². The molecule has 96 valence electrons. The van der Waals surface area contributed by atoms with E-state index >= 15 is 0 Å². The predicted octanol–water partition coefficient (Wildman–Crippen LogP) is 0.239. The van der Waals surface area contributed by atoms with E-state index in [1.165, 1.54) is 16.3 Å². The number of aryl methyl sites for hydroxylation is 1. The molecule has 0 atom stereocenters. The minimum Gasteiger partial charge on any atom is -0.476 e. The van der Waals surface area contributed by atoms with E-state index in [-0.39, 0.29) is 16.6 Å². The van der Waals surface area contributed by atoms with Crippen LogP contribution in [0, 0.1) is 0 Å². The molecule has 0 saturated carbocycles. The highest BCUT2D eigenvalue weighted by molar-refractivity contribution is 7.74. The van der Waals surface area contributed by atoms with Gasteiger partial charge in [-0.2, -0.15) is 4.31 Å². The maximum atomic E-state index is 11.3. The fourth-order valence-corrected chi connectivity index (χ4v) is 2.95. The summed E-state index contributed by atoms with van der Waals surface area (Å²) in [6.07, 6.45) is 2.98. The largest absolute Gasteiger partial charge is 0.476 e. The summed E-state index contributed by atoms with van der Waals surface area (Å²) in [6.45, 7) is 0. The number of rotatable bonds is 4. The van der Waals surface area contributed by atoms with Crippen molar-refractivity contribution in [1.82, 2.24) is 14.5 Å². The highest BCUT2D eigenvalue weighted by Crippen LogP contribution is 2.30. The van der Waals surface area contributed by atoms with Crippen molar-refractivity contribution in [3.8, 4) is 0 Å². The van der Waals surface area contributed by atoms with Crippen LogP contribution in [0.25, 0.3) is 0 Å². The maximum Gasteiger partial charge on any atom is 0.357 e. The third-order valence-electron chi connectivity index (χ3n) is 2.09. The average Bonchev–Trinajstić information content (AvgIpc) is 2.89. The van der Waals surface area contributed by atoms with E-state index in [0.29, 0.717) is 0 Å². The third kappa shape index (κ3) is 2.07. The molecule has 0 aromatic carbocycles. The van der Waals surface area contributed by atoms with Crippen molar-refractivity contribution in [2.75, 3.05) is 4.31 Å². The molecule has 2 heterocycles. The van der Waals surface area contributed by atoms with Gasteiger partial charge in [0.1, 0.15) is 5.00 Å². The minimum atomic E-state index is -3.07. The second-order valence-electron chi connectivity index (χ2n) is 3.20. The van der Waals surface area contributed by atoms with Crippen molar-refractivity contribution in [3.05, 3.63) is 23.6 Å². The second kappa shape index (κ2) is 4.74. The molecule has 0 unspecified atom stereocenters. The molecule has 0 amide bonds. The van der Waals surface area contributed by atoms with E-state index in [1.807, 2.05) is 0 Å². The summed E-state index contributed by atoms with van der Waals surface area (Å²) in [5.74, 6) is -1.18. The Kier molecular flexibility index (Phi) is 3.30. The van der Waals surface area contributed by atoms with E-state index < -0.39 is 16.9 Å². The maximum absolute atomic E-state index is 11.3. The first-order chi connectivity index (χ1) is 8.52. The van der Waals surface area contributed by atoms with Crippen LogP contribution in [0.1, 0.15) is 10.5 Å². The van der Waals surface area contributed by atoms with Crippen LogP contribution in [-0.4, -0.2) is 34.0 Å². The van der Waals surface area contributed by atoms with Gasteiger partial charge in [-0.3, -0.25) is 0 Å². The fraction of sp³-hybridized carbons (Fsp3) is 0.125. The summed E-state index contributed by atoms with van der Waals surface area (Å²) in [6, 6.07) is 0. The molecule has 2 aromatic rings. The highest BCUT2D eigenvalue weighted by Gasteiger charge is 2.25. The molecule has 0 aliphatic rings. The molecule has 8 nitrogen and oxygen atoms in total. The number of aromatic carboxylic acids is 1. The Morgan fingerprint density at radius 2 is 2.22 bits per heavy atom. The van der Waals surface area contributed by atoms with Crippen molar-refractivity contribution >= 4 is 39.1 Å². The van der Waals surface area contributed by atoms with Crippen molar-refractivity contribution < 1.29 is 18.3 Å². The van der Waals surface area contributed by atoms with Gasteiger partial charge in [-0.25, -0.2) is 23.2 Å². The Bertz CT molecular complexity index is 652. The molecular weight excluding hydrogens is 280 g/mol. The summed E-state index contributed by atoms with van der Waals surface area (Å²) in [5, 5.41) is 8.95.